The van der Waals surface area contributed by atoms with Crippen LogP contribution in [0.15, 0.2) is 48.5 Å². The van der Waals surface area contributed by atoms with Gasteiger partial charge in [0.25, 0.3) is 5.91 Å². The number of benzene rings is 2. The zero-order valence-electron chi connectivity index (χ0n) is 14.0. The van der Waals surface area contributed by atoms with E-state index in [9.17, 15) is 9.59 Å². The highest BCUT2D eigenvalue weighted by atomic mass is 16.5. The predicted molar refractivity (Wildman–Crippen MR) is 96.8 cm³/mol. The average Bonchev–Trinajstić information content (AvgIpc) is 2.66. The van der Waals surface area contributed by atoms with Gasteiger partial charge in [0, 0.05) is 23.5 Å². The predicted octanol–water partition coefficient (Wildman–Crippen LogP) is 2.17. The molecule has 0 spiro atoms. The Morgan fingerprint density at radius 3 is 2.44 bits per heavy atom. The third-order valence-electron chi connectivity index (χ3n) is 4.11. The Morgan fingerprint density at radius 1 is 1.04 bits per heavy atom. The molecule has 1 aliphatic heterocycles. The molecular formula is C19H21N3O3. The summed E-state index contributed by atoms with van der Waals surface area (Å²) >= 11 is 0. The van der Waals surface area contributed by atoms with E-state index in [1.54, 1.807) is 18.2 Å². The van der Waals surface area contributed by atoms with Crippen LogP contribution in [0.3, 0.4) is 0 Å². The molecule has 0 bridgehead atoms. The molecule has 1 unspecified atom stereocenters. The highest BCUT2D eigenvalue weighted by Gasteiger charge is 2.22. The maximum absolute atomic E-state index is 12.3. The third kappa shape index (κ3) is 4.23. The molecule has 2 aromatic rings. The fourth-order valence-electron chi connectivity index (χ4n) is 2.64. The van der Waals surface area contributed by atoms with E-state index < -0.39 is 0 Å². The molecule has 0 radical (unpaired) electrons. The van der Waals surface area contributed by atoms with E-state index in [0.29, 0.717) is 36.7 Å². The molecular weight excluding hydrogens is 318 g/mol. The van der Waals surface area contributed by atoms with Gasteiger partial charge in [-0.1, -0.05) is 24.3 Å². The summed E-state index contributed by atoms with van der Waals surface area (Å²) in [6, 6.07) is 14.1. The van der Waals surface area contributed by atoms with Crippen LogP contribution in [0, 0.1) is 6.92 Å². The zero-order chi connectivity index (χ0) is 17.6. The standard InChI is InChI=1S/C19H21N3O3/c1-13-15(21-18(23)14-6-3-2-4-7-14)8-5-9-16(13)22-19(24)17-12-25-11-10-20-17/h2-9,17,20H,10-12H2,1H3,(H,21,23)(H,22,24). The van der Waals surface area contributed by atoms with Gasteiger partial charge in [0.05, 0.1) is 13.2 Å². The normalized spacial score (nSPS) is 16.9. The smallest absolute Gasteiger partial charge is 0.255 e. The number of carbonyl (C=O) groups is 2. The molecule has 1 fully saturated rings. The van der Waals surface area contributed by atoms with Crippen molar-refractivity contribution < 1.29 is 14.3 Å². The number of morpholine rings is 1. The maximum Gasteiger partial charge on any atom is 0.255 e. The van der Waals surface area contributed by atoms with E-state index in [-0.39, 0.29) is 17.9 Å². The van der Waals surface area contributed by atoms with E-state index in [2.05, 4.69) is 16.0 Å². The lowest BCUT2D eigenvalue weighted by atomic mass is 10.1. The van der Waals surface area contributed by atoms with Crippen LogP contribution in [-0.4, -0.2) is 37.6 Å². The quantitative estimate of drug-likeness (QED) is 0.798. The average molecular weight is 339 g/mol. The van der Waals surface area contributed by atoms with Gasteiger partial charge in [-0.2, -0.15) is 0 Å². The van der Waals surface area contributed by atoms with Crippen molar-refractivity contribution in [1.29, 1.82) is 0 Å². The molecule has 2 amide bonds. The van der Waals surface area contributed by atoms with Gasteiger partial charge in [-0.15, -0.1) is 0 Å². The second kappa shape index (κ2) is 7.92. The first-order valence-corrected chi connectivity index (χ1v) is 8.23. The molecule has 130 valence electrons. The van der Waals surface area contributed by atoms with Gasteiger partial charge in [0.15, 0.2) is 0 Å². The van der Waals surface area contributed by atoms with Gasteiger partial charge in [0.2, 0.25) is 5.91 Å². The summed E-state index contributed by atoms with van der Waals surface area (Å²) in [6.07, 6.45) is 0. The fourth-order valence-corrected chi connectivity index (χ4v) is 2.64. The molecule has 0 aliphatic carbocycles. The molecule has 2 aromatic carbocycles. The SMILES string of the molecule is Cc1c(NC(=O)c2ccccc2)cccc1NC(=O)C1COCCN1. The Balaban J connectivity index is 1.71. The minimum absolute atomic E-state index is 0.144. The summed E-state index contributed by atoms with van der Waals surface area (Å²) in [7, 11) is 0. The lowest BCUT2D eigenvalue weighted by Crippen LogP contribution is -2.48. The van der Waals surface area contributed by atoms with E-state index in [4.69, 9.17) is 4.74 Å². The molecule has 0 saturated carbocycles. The van der Waals surface area contributed by atoms with Gasteiger partial charge in [-0.25, -0.2) is 0 Å². The minimum atomic E-state index is -0.365. The fraction of sp³-hybridized carbons (Fsp3) is 0.263. The number of hydrogen-bond acceptors (Lipinski definition) is 4. The van der Waals surface area contributed by atoms with Crippen molar-refractivity contribution in [2.75, 3.05) is 30.4 Å². The second-order valence-corrected chi connectivity index (χ2v) is 5.87. The minimum Gasteiger partial charge on any atom is -0.378 e. The first kappa shape index (κ1) is 17.1. The molecule has 25 heavy (non-hydrogen) atoms. The van der Waals surface area contributed by atoms with Gasteiger partial charge in [-0.05, 0) is 36.8 Å². The summed E-state index contributed by atoms with van der Waals surface area (Å²) in [4.78, 5) is 24.7. The molecule has 1 saturated heterocycles. The van der Waals surface area contributed by atoms with Crippen LogP contribution >= 0.6 is 0 Å². The summed E-state index contributed by atoms with van der Waals surface area (Å²) in [5.74, 6) is -0.330. The van der Waals surface area contributed by atoms with Gasteiger partial charge in [-0.3, -0.25) is 9.59 Å². The van der Waals surface area contributed by atoms with Crippen molar-refractivity contribution in [2.45, 2.75) is 13.0 Å². The molecule has 3 rings (SSSR count). The number of carbonyl (C=O) groups excluding carboxylic acids is 2. The molecule has 1 aliphatic rings. The molecule has 3 N–H and O–H groups in total. The van der Waals surface area contributed by atoms with Crippen LogP contribution in [-0.2, 0) is 9.53 Å². The lowest BCUT2D eigenvalue weighted by molar-refractivity contribution is -0.120. The monoisotopic (exact) mass is 339 g/mol. The lowest BCUT2D eigenvalue weighted by Gasteiger charge is -2.23. The number of rotatable bonds is 4. The largest absolute Gasteiger partial charge is 0.378 e. The second-order valence-electron chi connectivity index (χ2n) is 5.87. The first-order chi connectivity index (χ1) is 12.1. The highest BCUT2D eigenvalue weighted by molar-refractivity contribution is 6.05. The van der Waals surface area contributed by atoms with Crippen LogP contribution < -0.4 is 16.0 Å². The molecule has 6 nitrogen and oxygen atoms in total. The first-order valence-electron chi connectivity index (χ1n) is 8.23. The van der Waals surface area contributed by atoms with Crippen molar-refractivity contribution in [3.8, 4) is 0 Å². The van der Waals surface area contributed by atoms with E-state index in [0.717, 1.165) is 5.56 Å². The van der Waals surface area contributed by atoms with Crippen LogP contribution in [0.4, 0.5) is 11.4 Å². The third-order valence-corrected chi connectivity index (χ3v) is 4.11. The number of ether oxygens (including phenoxy) is 1. The Labute approximate surface area is 146 Å². The van der Waals surface area contributed by atoms with Gasteiger partial charge < -0.3 is 20.7 Å². The van der Waals surface area contributed by atoms with Crippen LogP contribution in [0.2, 0.25) is 0 Å². The summed E-state index contributed by atoms with van der Waals surface area (Å²) in [6.45, 7) is 3.49. The highest BCUT2D eigenvalue weighted by Crippen LogP contribution is 2.24. The number of nitrogens with one attached hydrogen (secondary N) is 3. The van der Waals surface area contributed by atoms with Gasteiger partial charge >= 0.3 is 0 Å². The Morgan fingerprint density at radius 2 is 1.76 bits per heavy atom. The Bertz CT molecular complexity index is 756. The summed E-state index contributed by atoms with van der Waals surface area (Å²) in [5, 5.41) is 8.91. The molecule has 1 atom stereocenters. The van der Waals surface area contributed by atoms with E-state index >= 15 is 0 Å². The number of hydrogen-bond donors (Lipinski definition) is 3. The van der Waals surface area contributed by atoms with Crippen molar-refractivity contribution in [3.05, 3.63) is 59.7 Å². The van der Waals surface area contributed by atoms with Crippen LogP contribution in [0.1, 0.15) is 15.9 Å². The van der Waals surface area contributed by atoms with Crippen LogP contribution in [0.5, 0.6) is 0 Å². The number of anilines is 2. The molecule has 6 heteroatoms. The van der Waals surface area contributed by atoms with Crippen molar-refractivity contribution in [3.63, 3.8) is 0 Å². The summed E-state index contributed by atoms with van der Waals surface area (Å²) in [5.41, 5.74) is 2.72. The van der Waals surface area contributed by atoms with Crippen molar-refractivity contribution in [2.24, 2.45) is 0 Å². The Kier molecular flexibility index (Phi) is 5.42. The topological polar surface area (TPSA) is 79.5 Å². The van der Waals surface area contributed by atoms with Gasteiger partial charge in [0.1, 0.15) is 6.04 Å². The van der Waals surface area contributed by atoms with E-state index in [1.165, 1.54) is 0 Å². The number of amides is 2. The van der Waals surface area contributed by atoms with Crippen LogP contribution in [0.25, 0.3) is 0 Å². The maximum atomic E-state index is 12.3. The summed E-state index contributed by atoms with van der Waals surface area (Å²) < 4.78 is 5.32. The zero-order valence-corrected chi connectivity index (χ0v) is 14.0. The molecule has 1 heterocycles. The molecule has 0 aromatic heterocycles. The van der Waals surface area contributed by atoms with Crippen molar-refractivity contribution in [1.82, 2.24) is 5.32 Å². The van der Waals surface area contributed by atoms with Crippen molar-refractivity contribution >= 4 is 23.2 Å². The van der Waals surface area contributed by atoms with E-state index in [1.807, 2.05) is 37.3 Å². The Hall–Kier alpha value is -2.70.